The van der Waals surface area contributed by atoms with Gasteiger partial charge in [-0.3, -0.25) is 9.59 Å². The first-order valence-corrected chi connectivity index (χ1v) is 8.63. The zero-order valence-electron chi connectivity index (χ0n) is 14.9. The summed E-state index contributed by atoms with van der Waals surface area (Å²) in [6.07, 6.45) is 1.27. The van der Waals surface area contributed by atoms with E-state index in [0.29, 0.717) is 25.8 Å². The number of hydrogen-bond donors (Lipinski definition) is 2. The van der Waals surface area contributed by atoms with E-state index in [-0.39, 0.29) is 0 Å². The third-order valence-electron chi connectivity index (χ3n) is 4.65. The third kappa shape index (κ3) is 4.07. The highest BCUT2D eigenvalue weighted by Crippen LogP contribution is 2.47. The van der Waals surface area contributed by atoms with Crippen LogP contribution in [0.15, 0.2) is 42.5 Å². The Morgan fingerprint density at radius 3 is 2.37 bits per heavy atom. The Morgan fingerprint density at radius 2 is 1.74 bits per heavy atom. The second-order valence-corrected chi connectivity index (χ2v) is 6.49. The quantitative estimate of drug-likeness (QED) is 0.732. The van der Waals surface area contributed by atoms with E-state index in [9.17, 15) is 18.4 Å². The standard InChI is InChI=1S/C20H20F2N2O3/c1-27-14-5-2-4-13(12-14)8-11-23-18(25)20(9-10-20)19(26)24-17-15(21)6-3-7-16(17)22/h2-7,12H,8-11H2,1H3,(H,23,25)(H,24,26). The van der Waals surface area contributed by atoms with Gasteiger partial charge in [-0.15, -0.1) is 0 Å². The minimum absolute atomic E-state index is 0.342. The number of hydrogen-bond acceptors (Lipinski definition) is 3. The first-order chi connectivity index (χ1) is 13.0. The predicted molar refractivity (Wildman–Crippen MR) is 96.4 cm³/mol. The molecule has 0 unspecified atom stereocenters. The molecule has 1 fully saturated rings. The van der Waals surface area contributed by atoms with Crippen molar-refractivity contribution in [2.75, 3.05) is 19.0 Å². The summed E-state index contributed by atoms with van der Waals surface area (Å²) in [5.74, 6) is -2.15. The van der Waals surface area contributed by atoms with Gasteiger partial charge in [-0.25, -0.2) is 8.78 Å². The summed E-state index contributed by atoms with van der Waals surface area (Å²) in [6.45, 7) is 0.342. The molecule has 5 nitrogen and oxygen atoms in total. The van der Waals surface area contributed by atoms with E-state index < -0.39 is 34.6 Å². The summed E-state index contributed by atoms with van der Waals surface area (Å²) in [5.41, 5.74) is -0.807. The van der Waals surface area contributed by atoms with Gasteiger partial charge in [-0.1, -0.05) is 18.2 Å². The molecule has 0 saturated heterocycles. The normalized spacial score (nSPS) is 14.3. The van der Waals surface area contributed by atoms with Crippen LogP contribution in [0.5, 0.6) is 5.75 Å². The van der Waals surface area contributed by atoms with Crippen LogP contribution < -0.4 is 15.4 Å². The lowest BCUT2D eigenvalue weighted by Gasteiger charge is -2.16. The molecule has 1 saturated carbocycles. The number of para-hydroxylation sites is 1. The highest BCUT2D eigenvalue weighted by molar-refractivity contribution is 6.13. The topological polar surface area (TPSA) is 67.4 Å². The molecule has 0 spiro atoms. The van der Waals surface area contributed by atoms with Crippen molar-refractivity contribution in [3.05, 3.63) is 59.7 Å². The van der Waals surface area contributed by atoms with Crippen LogP contribution >= 0.6 is 0 Å². The number of anilines is 1. The van der Waals surface area contributed by atoms with Gasteiger partial charge in [0.1, 0.15) is 28.5 Å². The Bertz CT molecular complexity index is 846. The Morgan fingerprint density at radius 1 is 1.07 bits per heavy atom. The molecule has 1 aliphatic rings. The molecule has 0 atom stereocenters. The summed E-state index contributed by atoms with van der Waals surface area (Å²) >= 11 is 0. The van der Waals surface area contributed by atoms with E-state index in [0.717, 1.165) is 23.4 Å². The number of methoxy groups -OCH3 is 1. The molecule has 7 heteroatoms. The van der Waals surface area contributed by atoms with Crippen LogP contribution in [0.4, 0.5) is 14.5 Å². The molecule has 27 heavy (non-hydrogen) atoms. The van der Waals surface area contributed by atoms with E-state index in [1.54, 1.807) is 7.11 Å². The molecule has 2 N–H and O–H groups in total. The molecular formula is C20H20F2N2O3. The lowest BCUT2D eigenvalue weighted by atomic mass is 10.0. The molecule has 0 aliphatic heterocycles. The largest absolute Gasteiger partial charge is 0.497 e. The van der Waals surface area contributed by atoms with Crippen molar-refractivity contribution in [2.45, 2.75) is 19.3 Å². The van der Waals surface area contributed by atoms with Gasteiger partial charge < -0.3 is 15.4 Å². The highest BCUT2D eigenvalue weighted by Gasteiger charge is 2.56. The van der Waals surface area contributed by atoms with Crippen molar-refractivity contribution in [1.29, 1.82) is 0 Å². The number of halogens is 2. The maximum atomic E-state index is 13.7. The van der Waals surface area contributed by atoms with Crippen molar-refractivity contribution < 1.29 is 23.1 Å². The van der Waals surface area contributed by atoms with Gasteiger partial charge in [0, 0.05) is 6.54 Å². The number of rotatable bonds is 7. The van der Waals surface area contributed by atoms with Gasteiger partial charge in [0.05, 0.1) is 7.11 Å². The average Bonchev–Trinajstić information content (AvgIpc) is 3.47. The highest BCUT2D eigenvalue weighted by atomic mass is 19.1. The molecule has 0 radical (unpaired) electrons. The molecule has 0 bridgehead atoms. The summed E-state index contributed by atoms with van der Waals surface area (Å²) in [7, 11) is 1.58. The number of benzene rings is 2. The van der Waals surface area contributed by atoms with Gasteiger partial charge in [0.2, 0.25) is 11.8 Å². The van der Waals surface area contributed by atoms with Crippen molar-refractivity contribution in [2.24, 2.45) is 5.41 Å². The fourth-order valence-corrected chi connectivity index (χ4v) is 2.85. The molecule has 3 rings (SSSR count). The van der Waals surface area contributed by atoms with Crippen LogP contribution in [0.3, 0.4) is 0 Å². The molecule has 142 valence electrons. The monoisotopic (exact) mass is 374 g/mol. The van der Waals surface area contributed by atoms with Crippen LogP contribution in [0.25, 0.3) is 0 Å². The third-order valence-corrected chi connectivity index (χ3v) is 4.65. The minimum Gasteiger partial charge on any atom is -0.497 e. The van der Waals surface area contributed by atoms with Crippen molar-refractivity contribution in [1.82, 2.24) is 5.32 Å². The Balaban J connectivity index is 1.58. The lowest BCUT2D eigenvalue weighted by molar-refractivity contribution is -0.134. The predicted octanol–water partition coefficient (Wildman–Crippen LogP) is 3.05. The smallest absolute Gasteiger partial charge is 0.240 e. The Hall–Kier alpha value is -2.96. The number of nitrogens with one attached hydrogen (secondary N) is 2. The summed E-state index contributed by atoms with van der Waals surface area (Å²) in [6, 6.07) is 10.8. The molecular weight excluding hydrogens is 354 g/mol. The van der Waals surface area contributed by atoms with Crippen LogP contribution in [-0.4, -0.2) is 25.5 Å². The van der Waals surface area contributed by atoms with Crippen LogP contribution in [0.1, 0.15) is 18.4 Å². The number of amides is 2. The molecule has 2 aromatic rings. The molecule has 2 amide bonds. The summed E-state index contributed by atoms with van der Waals surface area (Å²) in [5, 5.41) is 4.96. The van der Waals surface area contributed by atoms with Gasteiger partial charge in [0.25, 0.3) is 0 Å². The molecule has 0 aromatic heterocycles. The van der Waals surface area contributed by atoms with Gasteiger partial charge in [-0.2, -0.15) is 0 Å². The minimum atomic E-state index is -1.26. The van der Waals surface area contributed by atoms with Crippen LogP contribution in [0, 0.1) is 17.0 Å². The molecule has 2 aromatic carbocycles. The Labute approximate surface area is 155 Å². The maximum absolute atomic E-state index is 13.7. The molecule has 1 aliphatic carbocycles. The first kappa shape index (κ1) is 18.8. The van der Waals surface area contributed by atoms with Gasteiger partial charge in [-0.05, 0) is 49.1 Å². The van der Waals surface area contributed by atoms with Gasteiger partial charge >= 0.3 is 0 Å². The Kier molecular flexibility index (Phi) is 5.39. The van der Waals surface area contributed by atoms with E-state index in [4.69, 9.17) is 4.74 Å². The van der Waals surface area contributed by atoms with Crippen molar-refractivity contribution >= 4 is 17.5 Å². The van der Waals surface area contributed by atoms with Crippen LogP contribution in [-0.2, 0) is 16.0 Å². The number of ether oxygens (including phenoxy) is 1. The van der Waals surface area contributed by atoms with E-state index >= 15 is 0 Å². The first-order valence-electron chi connectivity index (χ1n) is 8.63. The van der Waals surface area contributed by atoms with Crippen LogP contribution in [0.2, 0.25) is 0 Å². The van der Waals surface area contributed by atoms with Crippen molar-refractivity contribution in [3.63, 3.8) is 0 Å². The lowest BCUT2D eigenvalue weighted by Crippen LogP contribution is -2.41. The second-order valence-electron chi connectivity index (χ2n) is 6.49. The fourth-order valence-electron chi connectivity index (χ4n) is 2.85. The summed E-state index contributed by atoms with van der Waals surface area (Å²) in [4.78, 5) is 24.9. The molecule has 0 heterocycles. The average molecular weight is 374 g/mol. The van der Waals surface area contributed by atoms with Crippen molar-refractivity contribution in [3.8, 4) is 5.75 Å². The fraction of sp³-hybridized carbons (Fsp3) is 0.300. The SMILES string of the molecule is COc1cccc(CCNC(=O)C2(C(=O)Nc3c(F)cccc3F)CC2)c1. The van der Waals surface area contributed by atoms with E-state index in [1.807, 2.05) is 24.3 Å². The van der Waals surface area contributed by atoms with E-state index in [1.165, 1.54) is 6.07 Å². The zero-order chi connectivity index (χ0) is 19.4. The maximum Gasteiger partial charge on any atom is 0.240 e. The van der Waals surface area contributed by atoms with Gasteiger partial charge in [0.15, 0.2) is 0 Å². The summed E-state index contributed by atoms with van der Waals surface area (Å²) < 4.78 is 32.6. The zero-order valence-corrected chi connectivity index (χ0v) is 14.9. The second kappa shape index (κ2) is 7.73. The van der Waals surface area contributed by atoms with E-state index in [2.05, 4.69) is 10.6 Å². The number of carbonyl (C=O) groups excluding carboxylic acids is 2. The number of carbonyl (C=O) groups is 2.